The van der Waals surface area contributed by atoms with Gasteiger partial charge in [-0.1, -0.05) is 0 Å². The van der Waals surface area contributed by atoms with Crippen molar-refractivity contribution in [2.24, 2.45) is 4.99 Å². The molecule has 0 aromatic carbocycles. The van der Waals surface area contributed by atoms with Crippen molar-refractivity contribution in [2.45, 2.75) is 54.1 Å². The van der Waals surface area contributed by atoms with Gasteiger partial charge in [-0.05, 0) is 41.5 Å². The van der Waals surface area contributed by atoms with Crippen molar-refractivity contribution >= 4 is 34.6 Å². The Kier molecular flexibility index (Phi) is 7.73. The van der Waals surface area contributed by atoms with Gasteiger partial charge in [-0.3, -0.25) is 0 Å². The number of aliphatic imine (C=N–C) groups is 1. The second-order valence-electron chi connectivity index (χ2n) is 6.00. The highest BCUT2D eigenvalue weighted by atomic mass is 32.1. The fourth-order valence-electron chi connectivity index (χ4n) is 2.33. The van der Waals surface area contributed by atoms with Crippen LogP contribution in [-0.2, 0) is 11.3 Å². The number of hydrogen-bond donors (Lipinski definition) is 2. The number of ether oxygens (including phenoxy) is 1. The zero-order valence-corrected chi connectivity index (χ0v) is 18.3. The van der Waals surface area contributed by atoms with Crippen molar-refractivity contribution in [1.82, 2.24) is 20.6 Å². The Bertz CT molecular complexity index is 793. The molecule has 1 unspecified atom stereocenters. The molecule has 0 spiro atoms. The molecular weight excluding hydrogens is 382 g/mol. The quantitative estimate of drug-likeness (QED) is 0.413. The van der Waals surface area contributed by atoms with Crippen molar-refractivity contribution in [1.29, 1.82) is 0 Å². The van der Waals surface area contributed by atoms with E-state index in [1.54, 1.807) is 18.3 Å². The molecule has 2 heterocycles. The smallest absolute Gasteiger partial charge is 0.350 e. The van der Waals surface area contributed by atoms with Crippen LogP contribution < -0.4 is 10.6 Å². The summed E-state index contributed by atoms with van der Waals surface area (Å²) in [6.45, 7) is 13.3. The van der Waals surface area contributed by atoms with E-state index in [9.17, 15) is 4.79 Å². The van der Waals surface area contributed by atoms with E-state index in [1.165, 1.54) is 16.2 Å². The second-order valence-corrected chi connectivity index (χ2v) is 8.32. The molecule has 1 atom stereocenters. The average molecular weight is 410 g/mol. The van der Waals surface area contributed by atoms with E-state index in [-0.39, 0.29) is 12.0 Å². The molecule has 148 valence electrons. The number of esters is 1. The van der Waals surface area contributed by atoms with E-state index < -0.39 is 0 Å². The first-order valence-corrected chi connectivity index (χ1v) is 10.6. The number of thiazole rings is 2. The highest BCUT2D eigenvalue weighted by Gasteiger charge is 2.20. The number of nitrogens with zero attached hydrogens (tertiary/aromatic N) is 3. The minimum absolute atomic E-state index is 0.0885. The topological polar surface area (TPSA) is 88.5 Å². The van der Waals surface area contributed by atoms with Crippen LogP contribution in [0, 0.1) is 20.8 Å². The van der Waals surface area contributed by atoms with Crippen molar-refractivity contribution in [3.05, 3.63) is 31.2 Å². The molecule has 0 aliphatic rings. The van der Waals surface area contributed by atoms with Gasteiger partial charge in [-0.2, -0.15) is 0 Å². The summed E-state index contributed by atoms with van der Waals surface area (Å²) in [7, 11) is 0. The van der Waals surface area contributed by atoms with E-state index in [0.29, 0.717) is 29.7 Å². The Morgan fingerprint density at radius 2 is 1.93 bits per heavy atom. The number of aryl methyl sites for hydroxylation is 3. The lowest BCUT2D eigenvalue weighted by molar-refractivity contribution is 0.0531. The van der Waals surface area contributed by atoms with Gasteiger partial charge in [-0.15, -0.1) is 22.7 Å². The predicted octanol–water partition coefficient (Wildman–Crippen LogP) is 3.52. The van der Waals surface area contributed by atoms with Gasteiger partial charge in [0.15, 0.2) is 5.96 Å². The van der Waals surface area contributed by atoms with Crippen molar-refractivity contribution < 1.29 is 9.53 Å². The van der Waals surface area contributed by atoms with Gasteiger partial charge in [-0.25, -0.2) is 19.8 Å². The number of guanidine groups is 1. The van der Waals surface area contributed by atoms with Gasteiger partial charge in [0, 0.05) is 11.4 Å². The molecule has 0 saturated heterocycles. The summed E-state index contributed by atoms with van der Waals surface area (Å²) in [5.74, 6) is 0.377. The molecule has 27 heavy (non-hydrogen) atoms. The molecule has 0 aliphatic heterocycles. The Hall–Kier alpha value is -2.00. The molecule has 2 aromatic heterocycles. The summed E-state index contributed by atoms with van der Waals surface area (Å²) in [5, 5.41) is 8.40. The first-order valence-electron chi connectivity index (χ1n) is 8.97. The molecule has 0 saturated carbocycles. The number of hydrogen-bond acceptors (Lipinski definition) is 7. The Morgan fingerprint density at radius 1 is 1.19 bits per heavy atom. The first kappa shape index (κ1) is 21.3. The van der Waals surface area contributed by atoms with Gasteiger partial charge >= 0.3 is 5.97 Å². The minimum atomic E-state index is -0.318. The number of carbonyl (C=O) groups excluding carboxylic acids is 1. The van der Waals surface area contributed by atoms with Crippen LogP contribution in [0.1, 0.15) is 62.8 Å². The molecule has 7 nitrogen and oxygen atoms in total. The molecule has 0 aliphatic carbocycles. The SMILES string of the molecule is CCNC(=NCc1nc(C)c(C)s1)NC(C)c1nc(C)c(C(=O)OCC)s1. The number of nitrogens with one attached hydrogen (secondary N) is 2. The summed E-state index contributed by atoms with van der Waals surface area (Å²) in [6.07, 6.45) is 0. The third kappa shape index (κ3) is 5.74. The molecule has 2 rings (SSSR count). The molecular formula is C18H27N5O2S2. The molecule has 2 N–H and O–H groups in total. The van der Waals surface area contributed by atoms with Crippen LogP contribution in [0.2, 0.25) is 0 Å². The van der Waals surface area contributed by atoms with Crippen molar-refractivity contribution in [3.63, 3.8) is 0 Å². The fourth-order valence-corrected chi connectivity index (χ4v) is 4.15. The fraction of sp³-hybridized carbons (Fsp3) is 0.556. The highest BCUT2D eigenvalue weighted by Crippen LogP contribution is 2.24. The maximum Gasteiger partial charge on any atom is 0.350 e. The Morgan fingerprint density at radius 3 is 2.52 bits per heavy atom. The van der Waals surface area contributed by atoms with E-state index in [2.05, 4.69) is 32.5 Å². The lowest BCUT2D eigenvalue weighted by Gasteiger charge is -2.15. The van der Waals surface area contributed by atoms with Crippen LogP contribution in [0.15, 0.2) is 4.99 Å². The third-order valence-electron chi connectivity index (χ3n) is 3.79. The second kappa shape index (κ2) is 9.80. The van der Waals surface area contributed by atoms with Crippen LogP contribution in [0.4, 0.5) is 0 Å². The lowest BCUT2D eigenvalue weighted by atomic mass is 10.3. The van der Waals surface area contributed by atoms with Crippen LogP contribution in [0.25, 0.3) is 0 Å². The maximum atomic E-state index is 12.0. The molecule has 2 aromatic rings. The molecule has 0 amide bonds. The maximum absolute atomic E-state index is 12.0. The summed E-state index contributed by atoms with van der Waals surface area (Å²) >= 11 is 3.02. The first-order chi connectivity index (χ1) is 12.8. The van der Waals surface area contributed by atoms with Crippen LogP contribution in [-0.4, -0.2) is 35.0 Å². The zero-order chi connectivity index (χ0) is 20.0. The average Bonchev–Trinajstić information content (AvgIpc) is 3.16. The largest absolute Gasteiger partial charge is 0.462 e. The van der Waals surface area contributed by atoms with Gasteiger partial charge in [0.1, 0.15) is 14.9 Å². The Labute approximate surface area is 168 Å². The molecule has 0 bridgehead atoms. The predicted molar refractivity (Wildman–Crippen MR) is 111 cm³/mol. The summed E-state index contributed by atoms with van der Waals surface area (Å²) in [4.78, 5) is 27.4. The van der Waals surface area contributed by atoms with Gasteiger partial charge in [0.25, 0.3) is 0 Å². The standard InChI is InChI=1S/C18H27N5O2S2/c1-7-19-18(20-9-14-21-10(3)13(6)26-14)23-12(5)16-22-11(4)15(27-16)17(24)25-8-2/h12H,7-9H2,1-6H3,(H2,19,20,23). The highest BCUT2D eigenvalue weighted by molar-refractivity contribution is 7.13. The summed E-state index contributed by atoms with van der Waals surface area (Å²) in [5.41, 5.74) is 1.75. The zero-order valence-electron chi connectivity index (χ0n) is 16.7. The van der Waals surface area contributed by atoms with Crippen LogP contribution >= 0.6 is 22.7 Å². The van der Waals surface area contributed by atoms with Crippen LogP contribution in [0.5, 0.6) is 0 Å². The normalized spacial score (nSPS) is 12.7. The van der Waals surface area contributed by atoms with E-state index in [0.717, 1.165) is 22.3 Å². The third-order valence-corrected chi connectivity index (χ3v) is 6.16. The lowest BCUT2D eigenvalue weighted by Crippen LogP contribution is -2.38. The van der Waals surface area contributed by atoms with E-state index in [1.807, 2.05) is 27.7 Å². The number of carbonyl (C=O) groups is 1. The molecule has 0 radical (unpaired) electrons. The van der Waals surface area contributed by atoms with Gasteiger partial charge < -0.3 is 15.4 Å². The van der Waals surface area contributed by atoms with Crippen molar-refractivity contribution in [3.8, 4) is 0 Å². The monoisotopic (exact) mass is 409 g/mol. The van der Waals surface area contributed by atoms with E-state index in [4.69, 9.17) is 4.74 Å². The van der Waals surface area contributed by atoms with Gasteiger partial charge in [0.2, 0.25) is 0 Å². The minimum Gasteiger partial charge on any atom is -0.462 e. The number of aromatic nitrogens is 2. The summed E-state index contributed by atoms with van der Waals surface area (Å²) in [6, 6.07) is -0.0885. The van der Waals surface area contributed by atoms with Crippen LogP contribution in [0.3, 0.4) is 0 Å². The van der Waals surface area contributed by atoms with Gasteiger partial charge in [0.05, 0.1) is 30.6 Å². The van der Waals surface area contributed by atoms with Crippen molar-refractivity contribution in [2.75, 3.05) is 13.2 Å². The molecule has 0 fully saturated rings. The number of rotatable bonds is 7. The van der Waals surface area contributed by atoms with E-state index >= 15 is 0 Å². The summed E-state index contributed by atoms with van der Waals surface area (Å²) < 4.78 is 5.09. The molecule has 9 heteroatoms. The Balaban J connectivity index is 2.09.